The van der Waals surface area contributed by atoms with Gasteiger partial charge in [0.2, 0.25) is 0 Å². The highest BCUT2D eigenvalue weighted by molar-refractivity contribution is 7.65. The Morgan fingerprint density at radius 3 is 1.18 bits per heavy atom. The van der Waals surface area contributed by atoms with Gasteiger partial charge in [0.15, 0.2) is 0 Å². The van der Waals surface area contributed by atoms with Gasteiger partial charge in [0.25, 0.3) is 0 Å². The molecule has 0 radical (unpaired) electrons. The molecule has 0 spiro atoms. The molecule has 0 aliphatic rings. The summed E-state index contributed by atoms with van der Waals surface area (Å²) in [5.74, 6) is 0. The SMILES string of the molecule is FC(F)(Cl)C(F)(F)[Si](Cl)(Cl)Cl. The van der Waals surface area contributed by atoms with Crippen molar-refractivity contribution in [3.63, 3.8) is 0 Å². The van der Waals surface area contributed by atoms with Crippen LogP contribution in [0, 0.1) is 0 Å². The quantitative estimate of drug-likeness (QED) is 0.311. The summed E-state index contributed by atoms with van der Waals surface area (Å²) in [5, 5.41) is -4.82. The van der Waals surface area contributed by atoms with Gasteiger partial charge < -0.3 is 0 Å². The summed E-state index contributed by atoms with van der Waals surface area (Å²) in [6, 6.07) is -4.82. The van der Waals surface area contributed by atoms with Gasteiger partial charge in [0, 0.05) is 0 Å². The minimum atomic E-state index is -4.82. The Morgan fingerprint density at radius 2 is 1.18 bits per heavy atom. The maximum absolute atomic E-state index is 12.2. The van der Waals surface area contributed by atoms with Crippen LogP contribution in [0.15, 0.2) is 0 Å². The summed E-state index contributed by atoms with van der Waals surface area (Å²) >= 11 is 18.0. The first-order valence-corrected chi connectivity index (χ1v) is 7.43. The molecule has 0 aromatic rings. The Labute approximate surface area is 79.5 Å². The van der Waals surface area contributed by atoms with Gasteiger partial charge >= 0.3 is 16.9 Å². The zero-order chi connectivity index (χ0) is 9.50. The van der Waals surface area contributed by atoms with Gasteiger partial charge in [-0.05, 0) is 11.6 Å². The van der Waals surface area contributed by atoms with Crippen LogP contribution in [0.4, 0.5) is 17.6 Å². The lowest BCUT2D eigenvalue weighted by molar-refractivity contribution is -0.0999. The molecule has 68 valence electrons. The standard InChI is InChI=1S/C2Cl4F4Si/c3-1(7,8)2(9,10)11(4,5)6. The molecular weight excluding hydrogens is 270 g/mol. The normalized spacial score (nSPS) is 15.3. The Morgan fingerprint density at radius 1 is 0.909 bits per heavy atom. The maximum atomic E-state index is 12.2. The van der Waals surface area contributed by atoms with Crippen molar-refractivity contribution >= 4 is 50.8 Å². The van der Waals surface area contributed by atoms with Crippen LogP contribution in [0.25, 0.3) is 0 Å². The van der Waals surface area contributed by atoms with Crippen molar-refractivity contribution in [1.29, 1.82) is 0 Å². The van der Waals surface area contributed by atoms with Crippen LogP contribution in [-0.2, 0) is 0 Å². The Balaban J connectivity index is 4.75. The van der Waals surface area contributed by atoms with Crippen LogP contribution < -0.4 is 0 Å². The molecule has 0 aromatic heterocycles. The zero-order valence-electron chi connectivity index (χ0n) is 4.52. The fraction of sp³-hybridized carbons (Fsp3) is 1.00. The van der Waals surface area contributed by atoms with Crippen LogP contribution in [0.1, 0.15) is 0 Å². The molecule has 0 saturated carbocycles. The van der Waals surface area contributed by atoms with Crippen LogP contribution in [0.5, 0.6) is 0 Å². The number of hydrogen-bond donors (Lipinski definition) is 0. The van der Waals surface area contributed by atoms with E-state index in [2.05, 4.69) is 44.8 Å². The first kappa shape index (κ1) is 12.1. The third kappa shape index (κ3) is 2.52. The smallest absolute Gasteiger partial charge is 0.198 e. The van der Waals surface area contributed by atoms with Crippen LogP contribution in [0.2, 0.25) is 0 Å². The van der Waals surface area contributed by atoms with E-state index in [0.717, 1.165) is 0 Å². The molecule has 0 rings (SSSR count). The van der Waals surface area contributed by atoms with E-state index in [0.29, 0.717) is 0 Å². The second-order valence-electron chi connectivity index (χ2n) is 1.57. The summed E-state index contributed by atoms with van der Waals surface area (Å²) in [5.41, 5.74) is -4.76. The predicted molar refractivity (Wildman–Crippen MR) is 39.1 cm³/mol. The molecule has 0 fully saturated rings. The molecular formula is C2Cl4F4Si. The number of halogens is 8. The predicted octanol–water partition coefficient (Wildman–Crippen LogP) is 3.65. The van der Waals surface area contributed by atoms with Crippen molar-refractivity contribution in [1.82, 2.24) is 0 Å². The number of hydrogen-bond acceptors (Lipinski definition) is 0. The van der Waals surface area contributed by atoms with Gasteiger partial charge in [-0.15, -0.1) is 33.2 Å². The average molecular weight is 270 g/mol. The Hall–Kier alpha value is 1.10. The third-order valence-electron chi connectivity index (χ3n) is 0.712. The first-order chi connectivity index (χ1) is 4.50. The molecule has 0 nitrogen and oxygen atoms in total. The second-order valence-corrected chi connectivity index (χ2v) is 10.5. The molecule has 0 aromatic carbocycles. The monoisotopic (exact) mass is 268 g/mol. The van der Waals surface area contributed by atoms with E-state index in [1.165, 1.54) is 0 Å². The van der Waals surface area contributed by atoms with Gasteiger partial charge in [-0.3, -0.25) is 0 Å². The van der Waals surface area contributed by atoms with Crippen LogP contribution in [-0.4, -0.2) is 16.9 Å². The van der Waals surface area contributed by atoms with Crippen LogP contribution >= 0.6 is 44.8 Å². The molecule has 0 aliphatic heterocycles. The summed E-state index contributed by atoms with van der Waals surface area (Å²) in [4.78, 5) is 0. The molecule has 0 heterocycles. The summed E-state index contributed by atoms with van der Waals surface area (Å²) in [6.07, 6.45) is 0. The topological polar surface area (TPSA) is 0 Å². The molecule has 0 bridgehead atoms. The fourth-order valence-electron chi connectivity index (χ4n) is 0.161. The summed E-state index contributed by atoms with van der Waals surface area (Å²) in [6.45, 7) is 0. The van der Waals surface area contributed by atoms with Crippen molar-refractivity contribution < 1.29 is 17.6 Å². The van der Waals surface area contributed by atoms with E-state index in [1.807, 2.05) is 0 Å². The van der Waals surface area contributed by atoms with E-state index in [9.17, 15) is 17.6 Å². The highest BCUT2D eigenvalue weighted by Crippen LogP contribution is 2.49. The van der Waals surface area contributed by atoms with Gasteiger partial charge in [-0.1, -0.05) is 0 Å². The largest absolute Gasteiger partial charge is 0.426 e. The van der Waals surface area contributed by atoms with Crippen molar-refractivity contribution in [2.45, 2.75) is 10.9 Å². The fourth-order valence-corrected chi connectivity index (χ4v) is 2.41. The highest BCUT2D eigenvalue weighted by atomic mass is 35.8. The zero-order valence-corrected chi connectivity index (χ0v) is 8.55. The van der Waals surface area contributed by atoms with E-state index in [4.69, 9.17) is 0 Å². The highest BCUT2D eigenvalue weighted by Gasteiger charge is 2.69. The third-order valence-corrected chi connectivity index (χ3v) is 4.27. The van der Waals surface area contributed by atoms with Crippen molar-refractivity contribution in [3.8, 4) is 0 Å². The molecule has 0 amide bonds. The molecule has 9 heteroatoms. The van der Waals surface area contributed by atoms with Gasteiger partial charge in [0.1, 0.15) is 0 Å². The minimum Gasteiger partial charge on any atom is -0.198 e. The molecule has 0 atom stereocenters. The average Bonchev–Trinajstić information content (AvgIpc) is 1.58. The Bertz CT molecular complexity index is 131. The minimum absolute atomic E-state index is 4.01. The second kappa shape index (κ2) is 3.10. The number of alkyl halides is 5. The summed E-state index contributed by atoms with van der Waals surface area (Å²) < 4.78 is 48.0. The molecule has 11 heavy (non-hydrogen) atoms. The van der Waals surface area contributed by atoms with E-state index in [1.54, 1.807) is 0 Å². The first-order valence-electron chi connectivity index (χ1n) is 2.01. The van der Waals surface area contributed by atoms with Gasteiger partial charge in [-0.2, -0.15) is 17.6 Å². The van der Waals surface area contributed by atoms with Gasteiger partial charge in [-0.25, -0.2) is 0 Å². The van der Waals surface area contributed by atoms with Gasteiger partial charge in [0.05, 0.1) is 0 Å². The molecule has 0 saturated heterocycles. The van der Waals surface area contributed by atoms with E-state index < -0.39 is 16.9 Å². The molecule has 0 N–H and O–H groups in total. The Kier molecular flexibility index (Phi) is 3.41. The van der Waals surface area contributed by atoms with Crippen LogP contribution in [0.3, 0.4) is 0 Å². The molecule has 0 unspecified atom stereocenters. The lowest BCUT2D eigenvalue weighted by Crippen LogP contribution is -2.50. The lowest BCUT2D eigenvalue weighted by Gasteiger charge is -2.24. The van der Waals surface area contributed by atoms with Crippen molar-refractivity contribution in [3.05, 3.63) is 0 Å². The summed E-state index contributed by atoms with van der Waals surface area (Å²) in [7, 11) is 0. The van der Waals surface area contributed by atoms with E-state index in [-0.39, 0.29) is 0 Å². The number of rotatable bonds is 2. The maximum Gasteiger partial charge on any atom is 0.426 e. The molecule has 0 aliphatic carbocycles. The van der Waals surface area contributed by atoms with E-state index >= 15 is 0 Å². The van der Waals surface area contributed by atoms with Crippen molar-refractivity contribution in [2.75, 3.05) is 0 Å². The van der Waals surface area contributed by atoms with Crippen molar-refractivity contribution in [2.24, 2.45) is 0 Å². The lowest BCUT2D eigenvalue weighted by atomic mass is 10.7.